The summed E-state index contributed by atoms with van der Waals surface area (Å²) in [5, 5.41) is 2.45. The Kier molecular flexibility index (Phi) is 4.62. The molecule has 0 bridgehead atoms. The van der Waals surface area contributed by atoms with Gasteiger partial charge in [0.2, 0.25) is 0 Å². The van der Waals surface area contributed by atoms with Crippen LogP contribution < -0.4 is 10.5 Å². The molecule has 4 heteroatoms. The van der Waals surface area contributed by atoms with E-state index in [-0.39, 0.29) is 0 Å². The first kappa shape index (κ1) is 15.3. The van der Waals surface area contributed by atoms with Gasteiger partial charge < -0.3 is 15.4 Å². The van der Waals surface area contributed by atoms with Gasteiger partial charge in [0.05, 0.1) is 7.11 Å². The fourth-order valence-corrected chi connectivity index (χ4v) is 3.21. The van der Waals surface area contributed by atoms with Gasteiger partial charge in [0.1, 0.15) is 5.75 Å². The van der Waals surface area contributed by atoms with Crippen molar-refractivity contribution in [1.82, 2.24) is 9.80 Å². The number of benzene rings is 2. The van der Waals surface area contributed by atoms with Crippen LogP contribution in [0.25, 0.3) is 10.8 Å². The molecule has 0 saturated carbocycles. The zero-order valence-electron chi connectivity index (χ0n) is 13.5. The molecule has 0 aliphatic carbocycles. The van der Waals surface area contributed by atoms with E-state index in [9.17, 15) is 0 Å². The molecule has 3 rings (SSSR count). The Labute approximate surface area is 132 Å². The molecule has 22 heavy (non-hydrogen) atoms. The van der Waals surface area contributed by atoms with Crippen LogP contribution >= 0.6 is 0 Å². The fourth-order valence-electron chi connectivity index (χ4n) is 3.21. The molecule has 1 aliphatic heterocycles. The first-order valence-electron chi connectivity index (χ1n) is 7.91. The van der Waals surface area contributed by atoms with Gasteiger partial charge in [-0.1, -0.05) is 18.2 Å². The van der Waals surface area contributed by atoms with E-state index in [1.54, 1.807) is 7.11 Å². The average molecular weight is 299 g/mol. The summed E-state index contributed by atoms with van der Waals surface area (Å²) in [6.45, 7) is 5.05. The lowest BCUT2D eigenvalue weighted by molar-refractivity contribution is 0.114. The Morgan fingerprint density at radius 1 is 1.05 bits per heavy atom. The third-order valence-electron chi connectivity index (χ3n) is 4.66. The number of ether oxygens (including phenoxy) is 1. The van der Waals surface area contributed by atoms with Crippen LogP contribution in [0.2, 0.25) is 0 Å². The maximum Gasteiger partial charge on any atom is 0.119 e. The van der Waals surface area contributed by atoms with E-state index in [1.165, 1.54) is 16.3 Å². The highest BCUT2D eigenvalue weighted by Gasteiger charge is 2.22. The number of nitrogens with two attached hydrogens (primary N) is 1. The minimum atomic E-state index is 0.306. The van der Waals surface area contributed by atoms with Crippen LogP contribution in [-0.2, 0) is 0 Å². The number of hydrogen-bond acceptors (Lipinski definition) is 4. The van der Waals surface area contributed by atoms with Gasteiger partial charge in [-0.25, -0.2) is 0 Å². The normalized spacial score (nSPS) is 18.5. The van der Waals surface area contributed by atoms with Crippen LogP contribution in [0.1, 0.15) is 11.6 Å². The van der Waals surface area contributed by atoms with Gasteiger partial charge in [0.15, 0.2) is 0 Å². The molecule has 118 valence electrons. The molecule has 4 nitrogen and oxygen atoms in total. The second-order valence-electron chi connectivity index (χ2n) is 6.06. The van der Waals surface area contributed by atoms with Gasteiger partial charge in [0, 0.05) is 38.8 Å². The molecular weight excluding hydrogens is 274 g/mol. The number of piperazine rings is 1. The number of methoxy groups -OCH3 is 1. The first-order valence-corrected chi connectivity index (χ1v) is 7.91. The molecule has 2 N–H and O–H groups in total. The summed E-state index contributed by atoms with van der Waals surface area (Å²) in [7, 11) is 3.88. The number of nitrogens with zero attached hydrogens (tertiary/aromatic N) is 2. The molecule has 1 fully saturated rings. The van der Waals surface area contributed by atoms with E-state index in [0.717, 1.165) is 31.9 Å². The molecule has 0 amide bonds. The van der Waals surface area contributed by atoms with Crippen molar-refractivity contribution in [2.45, 2.75) is 6.04 Å². The van der Waals surface area contributed by atoms with Crippen LogP contribution in [0.15, 0.2) is 36.4 Å². The minimum absolute atomic E-state index is 0.306. The highest BCUT2D eigenvalue weighted by atomic mass is 16.5. The van der Waals surface area contributed by atoms with Crippen LogP contribution in [0.5, 0.6) is 5.75 Å². The maximum atomic E-state index is 6.08. The van der Waals surface area contributed by atoms with Gasteiger partial charge in [-0.15, -0.1) is 0 Å². The maximum absolute atomic E-state index is 6.08. The molecule has 0 radical (unpaired) electrons. The average Bonchev–Trinajstić information content (AvgIpc) is 2.56. The van der Waals surface area contributed by atoms with E-state index >= 15 is 0 Å². The van der Waals surface area contributed by atoms with Crippen LogP contribution in [0.4, 0.5) is 0 Å². The lowest BCUT2D eigenvalue weighted by Gasteiger charge is -2.37. The quantitative estimate of drug-likeness (QED) is 0.939. The van der Waals surface area contributed by atoms with E-state index in [0.29, 0.717) is 12.6 Å². The monoisotopic (exact) mass is 299 g/mol. The molecule has 2 aromatic rings. The number of likely N-dealkylation sites (N-methyl/N-ethyl adjacent to an activating group) is 1. The van der Waals surface area contributed by atoms with Gasteiger partial charge in [-0.2, -0.15) is 0 Å². The second-order valence-corrected chi connectivity index (χ2v) is 6.06. The third kappa shape index (κ3) is 3.09. The molecule has 1 atom stereocenters. The summed E-state index contributed by atoms with van der Waals surface area (Å²) in [5.41, 5.74) is 7.39. The van der Waals surface area contributed by atoms with Crippen molar-refractivity contribution < 1.29 is 4.74 Å². The molecule has 0 spiro atoms. The van der Waals surface area contributed by atoms with Gasteiger partial charge in [-0.3, -0.25) is 4.90 Å². The number of rotatable bonds is 4. The Morgan fingerprint density at radius 2 is 1.73 bits per heavy atom. The predicted molar refractivity (Wildman–Crippen MR) is 91.4 cm³/mol. The van der Waals surface area contributed by atoms with Gasteiger partial charge >= 0.3 is 0 Å². The molecule has 2 aromatic carbocycles. The molecule has 1 unspecified atom stereocenters. The summed E-state index contributed by atoms with van der Waals surface area (Å²) < 4.78 is 5.29. The summed E-state index contributed by atoms with van der Waals surface area (Å²) >= 11 is 0. The van der Waals surface area contributed by atoms with E-state index in [4.69, 9.17) is 10.5 Å². The van der Waals surface area contributed by atoms with E-state index in [2.05, 4.69) is 47.2 Å². The molecule has 1 heterocycles. The molecule has 1 aliphatic rings. The second kappa shape index (κ2) is 6.65. The lowest BCUT2D eigenvalue weighted by atomic mass is 10.00. The Hall–Kier alpha value is -1.62. The molecule has 0 aromatic heterocycles. The van der Waals surface area contributed by atoms with Crippen molar-refractivity contribution in [3.63, 3.8) is 0 Å². The minimum Gasteiger partial charge on any atom is -0.497 e. The lowest BCUT2D eigenvalue weighted by Crippen LogP contribution is -2.47. The van der Waals surface area contributed by atoms with Crippen LogP contribution in [0.3, 0.4) is 0 Å². The summed E-state index contributed by atoms with van der Waals surface area (Å²) in [4.78, 5) is 4.88. The number of hydrogen-bond donors (Lipinski definition) is 1. The topological polar surface area (TPSA) is 41.7 Å². The third-order valence-corrected chi connectivity index (χ3v) is 4.66. The van der Waals surface area contributed by atoms with Crippen LogP contribution in [0, 0.1) is 0 Å². The highest BCUT2D eigenvalue weighted by molar-refractivity contribution is 5.84. The zero-order valence-corrected chi connectivity index (χ0v) is 13.5. The van der Waals surface area contributed by atoms with E-state index in [1.807, 2.05) is 6.07 Å². The Morgan fingerprint density at radius 3 is 2.41 bits per heavy atom. The standard InChI is InChI=1S/C18H25N3O/c1-20-7-9-21(10-8-20)18(13-19)16-4-3-15-12-17(22-2)6-5-14(15)11-16/h3-6,11-12,18H,7-10,13,19H2,1-2H3. The highest BCUT2D eigenvalue weighted by Crippen LogP contribution is 2.27. The summed E-state index contributed by atoms with van der Waals surface area (Å²) in [5.74, 6) is 0.898. The smallest absolute Gasteiger partial charge is 0.119 e. The predicted octanol–water partition coefficient (Wildman–Crippen LogP) is 2.10. The molecular formula is C18H25N3O. The largest absolute Gasteiger partial charge is 0.497 e. The van der Waals surface area contributed by atoms with Crippen molar-refractivity contribution in [2.24, 2.45) is 5.73 Å². The Bertz CT molecular complexity index is 635. The molecule has 1 saturated heterocycles. The van der Waals surface area contributed by atoms with Crippen molar-refractivity contribution in [1.29, 1.82) is 0 Å². The van der Waals surface area contributed by atoms with E-state index < -0.39 is 0 Å². The SMILES string of the molecule is COc1ccc2cc(C(CN)N3CCN(C)CC3)ccc2c1. The zero-order chi connectivity index (χ0) is 15.5. The fraction of sp³-hybridized carbons (Fsp3) is 0.444. The van der Waals surface area contributed by atoms with Gasteiger partial charge in [0.25, 0.3) is 0 Å². The summed E-state index contributed by atoms with van der Waals surface area (Å²) in [6.07, 6.45) is 0. The van der Waals surface area contributed by atoms with Crippen LogP contribution in [-0.4, -0.2) is 56.7 Å². The van der Waals surface area contributed by atoms with Crippen molar-refractivity contribution in [3.8, 4) is 5.75 Å². The van der Waals surface area contributed by atoms with Gasteiger partial charge in [-0.05, 0) is 41.6 Å². The summed E-state index contributed by atoms with van der Waals surface area (Å²) in [6, 6.07) is 13.2. The first-order chi connectivity index (χ1) is 10.7. The van der Waals surface area contributed by atoms with Crippen molar-refractivity contribution in [3.05, 3.63) is 42.0 Å². The van der Waals surface area contributed by atoms with Crippen molar-refractivity contribution >= 4 is 10.8 Å². The van der Waals surface area contributed by atoms with Crippen molar-refractivity contribution in [2.75, 3.05) is 46.9 Å². The number of fused-ring (bicyclic) bond motifs is 1. The Balaban J connectivity index is 1.87.